The van der Waals surface area contributed by atoms with E-state index in [1.807, 2.05) is 22.6 Å². The van der Waals surface area contributed by atoms with Gasteiger partial charge in [-0.25, -0.2) is 18.0 Å². The highest BCUT2D eigenvalue weighted by atomic mass is 127. The van der Waals surface area contributed by atoms with Gasteiger partial charge in [-0.15, -0.1) is 13.2 Å². The van der Waals surface area contributed by atoms with Gasteiger partial charge in [0.15, 0.2) is 0 Å². The molecule has 0 aliphatic rings. The number of esters is 2. The largest absolute Gasteiger partial charge is 0.744 e. The predicted molar refractivity (Wildman–Crippen MR) is 142 cm³/mol. The van der Waals surface area contributed by atoms with Gasteiger partial charge in [0, 0.05) is 10.7 Å². The number of hydrogen-bond donors (Lipinski definition) is 0. The van der Waals surface area contributed by atoms with E-state index in [1.165, 1.54) is 57.3 Å². The molecule has 0 bridgehead atoms. The summed E-state index contributed by atoms with van der Waals surface area (Å²) in [7, 11) is -4.85. The van der Waals surface area contributed by atoms with E-state index in [2.05, 4.69) is 4.74 Å². The number of alkyl halides is 3. The number of halogens is 6. The van der Waals surface area contributed by atoms with Crippen LogP contribution >= 0.6 is 67.8 Å². The van der Waals surface area contributed by atoms with Crippen LogP contribution in [0.1, 0.15) is 20.7 Å². The SMILES string of the molecule is O=C(Oc1ccc(I)cc1)c1cccc(OC(F)(F)F)c1C(=O)Oc1cc(I)c(S(=O)(=O)[O-])c(I)c1. The maximum absolute atomic E-state index is 13.0. The van der Waals surface area contributed by atoms with Crippen LogP contribution in [-0.2, 0) is 10.1 Å². The van der Waals surface area contributed by atoms with E-state index >= 15 is 0 Å². The first-order chi connectivity index (χ1) is 16.7. The first kappa shape index (κ1) is 28.9. The monoisotopic (exact) mass is 859 g/mol. The average Bonchev–Trinajstić information content (AvgIpc) is 2.72. The first-order valence-corrected chi connectivity index (χ1v) is 13.8. The smallest absolute Gasteiger partial charge is 0.573 e. The zero-order valence-corrected chi connectivity index (χ0v) is 24.4. The minimum absolute atomic E-state index is 0.0698. The molecule has 15 heteroatoms. The lowest BCUT2D eigenvalue weighted by molar-refractivity contribution is -0.274. The van der Waals surface area contributed by atoms with Crippen molar-refractivity contribution < 1.29 is 49.9 Å². The molecule has 3 rings (SSSR count). The normalized spacial score (nSPS) is 11.6. The van der Waals surface area contributed by atoms with Crippen LogP contribution in [0.15, 0.2) is 59.5 Å². The van der Waals surface area contributed by atoms with Gasteiger partial charge in [0.1, 0.15) is 32.9 Å². The second-order valence-electron chi connectivity index (χ2n) is 6.63. The van der Waals surface area contributed by atoms with Gasteiger partial charge < -0.3 is 18.8 Å². The molecule has 8 nitrogen and oxygen atoms in total. The number of carbonyl (C=O) groups is 2. The summed E-state index contributed by atoms with van der Waals surface area (Å²) in [5.74, 6) is -3.82. The van der Waals surface area contributed by atoms with Crippen molar-refractivity contribution >= 4 is 89.8 Å². The molecule has 0 saturated carbocycles. The molecule has 0 amide bonds. The van der Waals surface area contributed by atoms with Crippen molar-refractivity contribution in [1.82, 2.24) is 0 Å². The summed E-state index contributed by atoms with van der Waals surface area (Å²) >= 11 is 5.08. The Morgan fingerprint density at radius 2 is 1.39 bits per heavy atom. The van der Waals surface area contributed by atoms with Crippen molar-refractivity contribution in [2.24, 2.45) is 0 Å². The fraction of sp³-hybridized carbons (Fsp3) is 0.0476. The van der Waals surface area contributed by atoms with Gasteiger partial charge in [-0.2, -0.15) is 0 Å². The molecule has 0 heterocycles. The Bertz CT molecular complexity index is 1420. The van der Waals surface area contributed by atoms with E-state index < -0.39 is 50.2 Å². The topological polar surface area (TPSA) is 119 Å². The molecule has 3 aromatic rings. The first-order valence-electron chi connectivity index (χ1n) is 9.19. The van der Waals surface area contributed by atoms with Crippen LogP contribution in [0.5, 0.6) is 17.2 Å². The Kier molecular flexibility index (Phi) is 9.10. The summed E-state index contributed by atoms with van der Waals surface area (Å²) in [6.45, 7) is 0. The molecule has 0 saturated heterocycles. The molecule has 0 aliphatic carbocycles. The van der Waals surface area contributed by atoms with E-state index in [0.29, 0.717) is 0 Å². The van der Waals surface area contributed by atoms with Crippen molar-refractivity contribution in [2.45, 2.75) is 11.3 Å². The predicted octanol–water partition coefficient (Wildman–Crippen LogP) is 5.74. The standard InChI is InChI=1S/C21H10F3I3O8S/c22-21(23,24)35-16-3-1-2-13(19(28)33-11-6-4-10(25)5-7-11)17(16)20(29)34-12-8-14(26)18(15(27)9-12)36(30,31)32/h1-9H,(H,30,31,32)/p-1. The quantitative estimate of drug-likeness (QED) is 0.133. The molecule has 36 heavy (non-hydrogen) atoms. The van der Waals surface area contributed by atoms with Crippen molar-refractivity contribution in [1.29, 1.82) is 0 Å². The number of ether oxygens (including phenoxy) is 3. The van der Waals surface area contributed by atoms with Crippen molar-refractivity contribution in [3.8, 4) is 17.2 Å². The van der Waals surface area contributed by atoms with E-state index in [0.717, 1.165) is 33.9 Å². The molecule has 0 aromatic heterocycles. The minimum atomic E-state index is -5.21. The molecule has 0 aliphatic heterocycles. The molecule has 0 spiro atoms. The summed E-state index contributed by atoms with van der Waals surface area (Å²) in [6, 6.07) is 11.1. The number of benzene rings is 3. The molecule has 3 aromatic carbocycles. The second-order valence-corrected chi connectivity index (χ2v) is 11.5. The third kappa shape index (κ3) is 7.42. The van der Waals surface area contributed by atoms with Crippen LogP contribution in [0.2, 0.25) is 0 Å². The lowest BCUT2D eigenvalue weighted by Gasteiger charge is -2.17. The Morgan fingerprint density at radius 3 is 1.92 bits per heavy atom. The highest BCUT2D eigenvalue weighted by molar-refractivity contribution is 14.1. The van der Waals surface area contributed by atoms with Gasteiger partial charge in [-0.3, -0.25) is 0 Å². The van der Waals surface area contributed by atoms with E-state index in [9.17, 15) is 35.7 Å². The number of carbonyl (C=O) groups excluding carboxylic acids is 2. The van der Waals surface area contributed by atoms with Gasteiger partial charge in [0.05, 0.1) is 10.5 Å². The number of hydrogen-bond acceptors (Lipinski definition) is 8. The summed E-state index contributed by atoms with van der Waals surface area (Å²) < 4.78 is 88.3. The average molecular weight is 859 g/mol. The molecule has 0 atom stereocenters. The zero-order chi connectivity index (χ0) is 26.8. The van der Waals surface area contributed by atoms with Gasteiger partial charge in [0.2, 0.25) is 0 Å². The lowest BCUT2D eigenvalue weighted by atomic mass is 10.1. The molecule has 0 radical (unpaired) electrons. The Morgan fingerprint density at radius 1 is 0.833 bits per heavy atom. The number of rotatable bonds is 6. The van der Waals surface area contributed by atoms with Gasteiger partial charge in [-0.1, -0.05) is 6.07 Å². The molecule has 0 N–H and O–H groups in total. The lowest BCUT2D eigenvalue weighted by Crippen LogP contribution is -2.23. The van der Waals surface area contributed by atoms with Crippen molar-refractivity contribution in [3.05, 3.63) is 76.4 Å². The van der Waals surface area contributed by atoms with E-state index in [-0.39, 0.29) is 18.6 Å². The summed E-state index contributed by atoms with van der Waals surface area (Å²) in [6.07, 6.45) is -5.21. The van der Waals surface area contributed by atoms with Crippen LogP contribution in [0, 0.1) is 10.7 Å². The fourth-order valence-electron chi connectivity index (χ4n) is 2.78. The second kappa shape index (κ2) is 11.4. The summed E-state index contributed by atoms with van der Waals surface area (Å²) in [4.78, 5) is 25.2. The zero-order valence-electron chi connectivity index (χ0n) is 17.1. The highest BCUT2D eigenvalue weighted by Gasteiger charge is 2.35. The van der Waals surface area contributed by atoms with Crippen molar-refractivity contribution in [3.63, 3.8) is 0 Å². The van der Waals surface area contributed by atoms with Crippen LogP contribution < -0.4 is 14.2 Å². The van der Waals surface area contributed by atoms with E-state index in [1.54, 1.807) is 12.1 Å². The minimum Gasteiger partial charge on any atom is -0.744 e. The summed E-state index contributed by atoms with van der Waals surface area (Å²) in [5, 5.41) is 0. The van der Waals surface area contributed by atoms with Crippen LogP contribution in [0.25, 0.3) is 0 Å². The third-order valence-electron chi connectivity index (χ3n) is 4.13. The van der Waals surface area contributed by atoms with Crippen LogP contribution in [0.3, 0.4) is 0 Å². The molecule has 190 valence electrons. The van der Waals surface area contributed by atoms with Gasteiger partial charge in [-0.05, 0) is 116 Å². The van der Waals surface area contributed by atoms with E-state index in [4.69, 9.17) is 9.47 Å². The van der Waals surface area contributed by atoms with Gasteiger partial charge in [0.25, 0.3) is 0 Å². The van der Waals surface area contributed by atoms with Crippen molar-refractivity contribution in [2.75, 3.05) is 0 Å². The third-order valence-corrected chi connectivity index (χ3v) is 8.23. The molecular weight excluding hydrogens is 850 g/mol. The highest BCUT2D eigenvalue weighted by Crippen LogP contribution is 2.33. The van der Waals surface area contributed by atoms with Crippen LogP contribution in [-0.4, -0.2) is 31.3 Å². The fourth-order valence-corrected chi connectivity index (χ4v) is 7.06. The maximum Gasteiger partial charge on any atom is 0.573 e. The molecule has 0 unspecified atom stereocenters. The van der Waals surface area contributed by atoms with Crippen LogP contribution in [0.4, 0.5) is 13.2 Å². The Hall–Kier alpha value is -1.71. The Balaban J connectivity index is 2.04. The maximum atomic E-state index is 13.0. The molecule has 0 fully saturated rings. The Labute approximate surface area is 242 Å². The van der Waals surface area contributed by atoms with Gasteiger partial charge >= 0.3 is 18.3 Å². The molecular formula is C21H9F3I3O8S-. The summed E-state index contributed by atoms with van der Waals surface area (Å²) in [5.41, 5.74) is -1.46.